The van der Waals surface area contributed by atoms with E-state index in [1.807, 2.05) is 0 Å². The van der Waals surface area contributed by atoms with E-state index in [1.165, 1.54) is 53.2 Å². The van der Waals surface area contributed by atoms with Crippen LogP contribution in [0.2, 0.25) is 0 Å². The molecule has 4 bridgehead atoms. The Labute approximate surface area is 336 Å². The van der Waals surface area contributed by atoms with Crippen LogP contribution in [-0.4, -0.2) is 93.0 Å². The lowest BCUT2D eigenvalue weighted by Crippen LogP contribution is -2.46. The van der Waals surface area contributed by atoms with Crippen molar-refractivity contribution in [2.24, 2.45) is 23.7 Å². The Kier molecular flexibility index (Phi) is 12.7. The highest BCUT2D eigenvalue weighted by Gasteiger charge is 2.50. The van der Waals surface area contributed by atoms with Gasteiger partial charge in [0.05, 0.1) is 58.9 Å². The number of aliphatic hydroxyl groups is 2. The standard InChI is InChI=1S/C43H54N2O13/c1-12-55-42(53)27-24(8)44-32-28-30-36(49)23(7)39-31(28)40(51)43(10,58-39)56-17-16-26(54-11)20(4)38(57-25(9)46)22(6)35(48)21(5)34(47)18(2)14-13-15-19(3)41(52)45-33(29(27)32)37(30)50/h13-18,20-22,26,34-35,38,44,47-50H,12H2,1-11H3,(H,45,52)/b14-13+,17-16-,19-15+/t18-,20-,21+,22+,26-,34-,35+,38-,43-/m0/s1. The topological polar surface area (TPSA) is 223 Å². The molecule has 0 aliphatic carbocycles. The lowest BCUT2D eigenvalue weighted by molar-refractivity contribution is -0.160. The maximum absolute atomic E-state index is 14.6. The summed E-state index contributed by atoms with van der Waals surface area (Å²) in [5.41, 5.74) is 0.365. The summed E-state index contributed by atoms with van der Waals surface area (Å²) < 4.78 is 29.1. The van der Waals surface area contributed by atoms with Gasteiger partial charge in [-0.1, -0.05) is 45.9 Å². The second kappa shape index (κ2) is 16.8. The second-order valence-corrected chi connectivity index (χ2v) is 15.5. The number of fused-ring (bicyclic) bond motifs is 1. The molecule has 3 heterocycles. The number of carbonyl (C=O) groups excluding carboxylic acids is 4. The molecule has 314 valence electrons. The fourth-order valence-electron chi connectivity index (χ4n) is 8.01. The van der Waals surface area contributed by atoms with Crippen molar-refractivity contribution in [2.45, 2.75) is 99.4 Å². The third-order valence-electron chi connectivity index (χ3n) is 11.4. The van der Waals surface area contributed by atoms with Crippen LogP contribution >= 0.6 is 0 Å². The number of benzene rings is 2. The number of ketones is 1. The molecule has 58 heavy (non-hydrogen) atoms. The van der Waals surface area contributed by atoms with Crippen molar-refractivity contribution in [3.8, 4) is 17.2 Å². The largest absolute Gasteiger partial charge is 0.507 e. The van der Waals surface area contributed by atoms with E-state index in [0.29, 0.717) is 5.69 Å². The number of H-pyrrole nitrogens is 1. The Bertz CT molecular complexity index is 2240. The lowest BCUT2D eigenvalue weighted by Gasteiger charge is -2.38. The van der Waals surface area contributed by atoms with Crippen LogP contribution in [0.1, 0.15) is 87.4 Å². The van der Waals surface area contributed by atoms with Crippen molar-refractivity contribution in [3.05, 3.63) is 58.5 Å². The summed E-state index contributed by atoms with van der Waals surface area (Å²) in [5, 5.41) is 49.1. The lowest BCUT2D eigenvalue weighted by atomic mass is 9.78. The minimum absolute atomic E-state index is 0.00939. The molecule has 3 aromatic rings. The number of hydrogen-bond donors (Lipinski definition) is 6. The predicted molar refractivity (Wildman–Crippen MR) is 215 cm³/mol. The van der Waals surface area contributed by atoms with Gasteiger partial charge in [0.1, 0.15) is 17.6 Å². The fourth-order valence-corrected chi connectivity index (χ4v) is 8.01. The van der Waals surface area contributed by atoms with Gasteiger partial charge in [-0.3, -0.25) is 14.4 Å². The van der Waals surface area contributed by atoms with Gasteiger partial charge in [0.2, 0.25) is 0 Å². The number of ether oxygens (including phenoxy) is 5. The molecule has 0 fully saturated rings. The summed E-state index contributed by atoms with van der Waals surface area (Å²) in [5.74, 6) is -8.35. The molecule has 2 aliphatic rings. The van der Waals surface area contributed by atoms with Gasteiger partial charge in [-0.2, -0.15) is 0 Å². The van der Waals surface area contributed by atoms with Crippen molar-refractivity contribution < 1.29 is 63.3 Å². The summed E-state index contributed by atoms with van der Waals surface area (Å²) in [4.78, 5) is 57.3. The number of amides is 1. The van der Waals surface area contributed by atoms with E-state index in [4.69, 9.17) is 23.7 Å². The van der Waals surface area contributed by atoms with E-state index >= 15 is 0 Å². The summed E-state index contributed by atoms with van der Waals surface area (Å²) >= 11 is 0. The molecule has 0 unspecified atom stereocenters. The number of phenolic OH excluding ortho intramolecular Hbond substituents is 2. The Morgan fingerprint density at radius 3 is 2.22 bits per heavy atom. The molecule has 9 atom stereocenters. The zero-order chi connectivity index (χ0) is 43.1. The molecule has 0 saturated heterocycles. The second-order valence-electron chi connectivity index (χ2n) is 15.5. The Morgan fingerprint density at radius 1 is 0.931 bits per heavy atom. The molecule has 15 nitrogen and oxygen atoms in total. The van der Waals surface area contributed by atoms with Gasteiger partial charge in [-0.15, -0.1) is 0 Å². The van der Waals surface area contributed by atoms with E-state index in [9.17, 15) is 39.6 Å². The Morgan fingerprint density at radius 2 is 1.60 bits per heavy atom. The fraction of sp³-hybridized carbons (Fsp3) is 0.488. The van der Waals surface area contributed by atoms with Gasteiger partial charge < -0.3 is 54.4 Å². The zero-order valence-electron chi connectivity index (χ0n) is 34.7. The first-order valence-corrected chi connectivity index (χ1v) is 19.3. The van der Waals surface area contributed by atoms with Gasteiger partial charge in [0.15, 0.2) is 5.75 Å². The third kappa shape index (κ3) is 7.65. The molecule has 15 heteroatoms. The van der Waals surface area contributed by atoms with Crippen molar-refractivity contribution in [2.75, 3.05) is 19.0 Å². The number of esters is 2. The molecular formula is C43H54N2O13. The molecule has 6 N–H and O–H groups in total. The number of nitrogens with one attached hydrogen (secondary N) is 2. The van der Waals surface area contributed by atoms with Crippen LogP contribution in [0.4, 0.5) is 5.69 Å². The number of hydrogen-bond acceptors (Lipinski definition) is 13. The summed E-state index contributed by atoms with van der Waals surface area (Å²) in [6, 6.07) is 0. The van der Waals surface area contributed by atoms with Crippen LogP contribution in [0.15, 0.2) is 36.1 Å². The summed E-state index contributed by atoms with van der Waals surface area (Å²) in [6.07, 6.45) is 3.56. The molecule has 2 aromatic carbocycles. The maximum Gasteiger partial charge on any atom is 0.340 e. The van der Waals surface area contributed by atoms with Gasteiger partial charge in [0, 0.05) is 72.2 Å². The molecule has 1 aromatic heterocycles. The molecular weight excluding hydrogens is 752 g/mol. The highest BCUT2D eigenvalue weighted by atomic mass is 16.7. The van der Waals surface area contributed by atoms with E-state index in [-0.39, 0.29) is 62.0 Å². The first-order chi connectivity index (χ1) is 27.2. The monoisotopic (exact) mass is 806 g/mol. The smallest absolute Gasteiger partial charge is 0.340 e. The van der Waals surface area contributed by atoms with E-state index in [2.05, 4.69) is 10.3 Å². The quantitative estimate of drug-likeness (QED) is 0.131. The van der Waals surface area contributed by atoms with Gasteiger partial charge in [-0.25, -0.2) is 4.79 Å². The molecule has 0 radical (unpaired) electrons. The average Bonchev–Trinajstić information content (AvgIpc) is 3.66. The van der Waals surface area contributed by atoms with Crippen LogP contribution in [0.5, 0.6) is 17.2 Å². The first-order valence-electron chi connectivity index (χ1n) is 19.3. The van der Waals surface area contributed by atoms with Crippen LogP contribution < -0.4 is 10.1 Å². The van der Waals surface area contributed by atoms with Crippen molar-refractivity contribution >= 4 is 51.0 Å². The van der Waals surface area contributed by atoms with Crippen LogP contribution in [-0.2, 0) is 28.5 Å². The highest BCUT2D eigenvalue weighted by Crippen LogP contribution is 2.54. The summed E-state index contributed by atoms with van der Waals surface area (Å²) in [7, 11) is 1.44. The third-order valence-corrected chi connectivity index (χ3v) is 11.4. The number of aromatic hydroxyl groups is 2. The number of phenols is 2. The molecule has 0 saturated carbocycles. The summed E-state index contributed by atoms with van der Waals surface area (Å²) in [6.45, 7) is 15.8. The van der Waals surface area contributed by atoms with E-state index < -0.39 is 89.0 Å². The normalized spacial score (nSPS) is 30.3. The minimum Gasteiger partial charge on any atom is -0.507 e. The number of aromatic amines is 1. The SMILES string of the molecule is CCOC(=O)c1c(C)[nH]c2c1c1c(O)c3c(O)c(C)c4c(c32)C(=O)[C@@](C)(O/C=C\[C@H](OC)[C@H](C)[C@H](OC(C)=O)[C@H](C)[C@H](O)[C@H](C)[C@@H](O)[C@@H](C)/C=C/C=C(\C)C(=O)N1)O4. The van der Waals surface area contributed by atoms with Crippen LogP contribution in [0.3, 0.4) is 0 Å². The number of methoxy groups -OCH3 is 1. The van der Waals surface area contributed by atoms with Crippen LogP contribution in [0, 0.1) is 37.5 Å². The number of allylic oxidation sites excluding steroid dienone is 2. The van der Waals surface area contributed by atoms with Crippen molar-refractivity contribution in [1.82, 2.24) is 4.98 Å². The molecule has 2 aliphatic heterocycles. The van der Waals surface area contributed by atoms with E-state index in [0.717, 1.165) is 0 Å². The van der Waals surface area contributed by atoms with Gasteiger partial charge in [-0.05, 0) is 33.8 Å². The Balaban J connectivity index is 1.78. The number of carbonyl (C=O) groups is 4. The average molecular weight is 807 g/mol. The highest BCUT2D eigenvalue weighted by molar-refractivity contribution is 6.31. The van der Waals surface area contributed by atoms with Crippen molar-refractivity contribution in [3.63, 3.8) is 0 Å². The van der Waals surface area contributed by atoms with Crippen LogP contribution in [0.25, 0.3) is 21.7 Å². The molecule has 5 rings (SSSR count). The maximum atomic E-state index is 14.6. The number of Topliss-reactive ketones (excluding diaryl/α,β-unsaturated/α-hetero) is 1. The van der Waals surface area contributed by atoms with Gasteiger partial charge >= 0.3 is 17.7 Å². The number of anilines is 1. The molecule has 0 spiro atoms. The number of rotatable bonds is 4. The predicted octanol–water partition coefficient (Wildman–Crippen LogP) is 6.01. The first kappa shape index (κ1) is 43.7. The Hall–Kier alpha value is -5.38. The van der Waals surface area contributed by atoms with E-state index in [1.54, 1.807) is 53.7 Å². The number of aryl methyl sites for hydroxylation is 1. The number of aliphatic hydroxyl groups excluding tert-OH is 2. The number of aromatic nitrogens is 1. The zero-order valence-corrected chi connectivity index (χ0v) is 34.7. The van der Waals surface area contributed by atoms with Crippen molar-refractivity contribution in [1.29, 1.82) is 0 Å². The van der Waals surface area contributed by atoms with Gasteiger partial charge in [0.25, 0.3) is 11.7 Å². The minimum atomic E-state index is -2.02. The molecule has 1 amide bonds.